The van der Waals surface area contributed by atoms with Crippen LogP contribution in [0.5, 0.6) is 0 Å². The summed E-state index contributed by atoms with van der Waals surface area (Å²) >= 11 is 0. The summed E-state index contributed by atoms with van der Waals surface area (Å²) in [5.74, 6) is 1.52. The lowest BCUT2D eigenvalue weighted by molar-refractivity contribution is -0.115. The standard InChI is InChI=1S/C19H24N4O2/c1-5-16(24)22-19-17(12(2)13(3)23(19)10-11-25-4)18-20-14-8-6-7-9-15(14)21-18/h6-9H,5,10-11H2,1-4H3,(H,20,21)(H,22,24). The first-order valence-corrected chi connectivity index (χ1v) is 8.50. The fraction of sp³-hybridized carbons (Fsp3) is 0.368. The lowest BCUT2D eigenvalue weighted by Gasteiger charge is -2.13. The first kappa shape index (κ1) is 17.2. The molecule has 3 aromatic rings. The first-order valence-electron chi connectivity index (χ1n) is 8.50. The van der Waals surface area contributed by atoms with Gasteiger partial charge >= 0.3 is 0 Å². The highest BCUT2D eigenvalue weighted by atomic mass is 16.5. The van der Waals surface area contributed by atoms with Crippen LogP contribution in [0.1, 0.15) is 24.6 Å². The van der Waals surface area contributed by atoms with Crippen molar-refractivity contribution >= 4 is 22.8 Å². The quantitative estimate of drug-likeness (QED) is 0.719. The van der Waals surface area contributed by atoms with Gasteiger partial charge in [0, 0.05) is 25.8 Å². The Morgan fingerprint density at radius 3 is 2.76 bits per heavy atom. The van der Waals surface area contributed by atoms with Crippen molar-refractivity contribution in [1.82, 2.24) is 14.5 Å². The summed E-state index contributed by atoms with van der Waals surface area (Å²) in [4.78, 5) is 20.2. The summed E-state index contributed by atoms with van der Waals surface area (Å²) in [5.41, 5.74) is 5.02. The fourth-order valence-corrected chi connectivity index (χ4v) is 3.04. The van der Waals surface area contributed by atoms with Crippen LogP contribution >= 0.6 is 0 Å². The molecule has 6 nitrogen and oxygen atoms in total. The lowest BCUT2D eigenvalue weighted by Crippen LogP contribution is -2.16. The van der Waals surface area contributed by atoms with Crippen molar-refractivity contribution in [1.29, 1.82) is 0 Å². The topological polar surface area (TPSA) is 71.9 Å². The van der Waals surface area contributed by atoms with Gasteiger partial charge in [-0.2, -0.15) is 0 Å². The van der Waals surface area contributed by atoms with E-state index in [4.69, 9.17) is 9.72 Å². The van der Waals surface area contributed by atoms with Crippen LogP contribution in [0.2, 0.25) is 0 Å². The van der Waals surface area contributed by atoms with Crippen LogP contribution in [0.3, 0.4) is 0 Å². The van der Waals surface area contributed by atoms with Gasteiger partial charge in [-0.1, -0.05) is 19.1 Å². The number of hydrogen-bond acceptors (Lipinski definition) is 3. The number of benzene rings is 1. The van der Waals surface area contributed by atoms with Crippen LogP contribution < -0.4 is 5.32 Å². The highest BCUT2D eigenvalue weighted by molar-refractivity contribution is 5.95. The highest BCUT2D eigenvalue weighted by Crippen LogP contribution is 2.35. The largest absolute Gasteiger partial charge is 0.383 e. The van der Waals surface area contributed by atoms with E-state index in [-0.39, 0.29) is 5.91 Å². The normalized spacial score (nSPS) is 11.2. The zero-order chi connectivity index (χ0) is 18.0. The molecule has 0 radical (unpaired) electrons. The van der Waals surface area contributed by atoms with Gasteiger partial charge in [-0.3, -0.25) is 4.79 Å². The zero-order valence-corrected chi connectivity index (χ0v) is 15.1. The second-order valence-corrected chi connectivity index (χ2v) is 6.08. The zero-order valence-electron chi connectivity index (χ0n) is 15.1. The Morgan fingerprint density at radius 2 is 2.08 bits per heavy atom. The number of ether oxygens (including phenoxy) is 1. The number of amides is 1. The molecule has 25 heavy (non-hydrogen) atoms. The molecular weight excluding hydrogens is 316 g/mol. The number of carbonyl (C=O) groups excluding carboxylic acids is 1. The number of hydrogen-bond donors (Lipinski definition) is 2. The minimum absolute atomic E-state index is 0.0199. The summed E-state index contributed by atoms with van der Waals surface area (Å²) in [5, 5.41) is 3.05. The Hall–Kier alpha value is -2.60. The molecule has 0 saturated carbocycles. The van der Waals surface area contributed by atoms with Crippen LogP contribution in [0.15, 0.2) is 24.3 Å². The van der Waals surface area contributed by atoms with E-state index in [0.717, 1.165) is 39.5 Å². The molecule has 0 aliphatic carbocycles. The number of methoxy groups -OCH3 is 1. The van der Waals surface area contributed by atoms with Crippen LogP contribution in [-0.4, -0.2) is 34.2 Å². The molecule has 0 aliphatic heterocycles. The van der Waals surface area contributed by atoms with Gasteiger partial charge in [0.15, 0.2) is 0 Å². The molecule has 3 rings (SSSR count). The molecule has 132 valence electrons. The molecule has 2 N–H and O–H groups in total. The number of imidazole rings is 1. The smallest absolute Gasteiger partial charge is 0.225 e. The molecule has 0 bridgehead atoms. The molecule has 0 aliphatic rings. The number of anilines is 1. The molecular formula is C19H24N4O2. The predicted molar refractivity (Wildman–Crippen MR) is 99.8 cm³/mol. The number of aromatic amines is 1. The first-order chi connectivity index (χ1) is 12.1. The van der Waals surface area contributed by atoms with Gasteiger partial charge < -0.3 is 19.6 Å². The molecule has 0 spiro atoms. The van der Waals surface area contributed by atoms with E-state index in [2.05, 4.69) is 28.7 Å². The Bertz CT molecular complexity index is 875. The van der Waals surface area contributed by atoms with Crippen molar-refractivity contribution in [3.63, 3.8) is 0 Å². The van der Waals surface area contributed by atoms with Gasteiger partial charge in [0.1, 0.15) is 11.6 Å². The Kier molecular flexibility index (Phi) is 4.90. The number of nitrogens with zero attached hydrogens (tertiary/aromatic N) is 2. The molecule has 0 fully saturated rings. The molecule has 1 amide bonds. The summed E-state index contributed by atoms with van der Waals surface area (Å²) < 4.78 is 7.33. The second kappa shape index (κ2) is 7.11. The fourth-order valence-electron chi connectivity index (χ4n) is 3.04. The maximum absolute atomic E-state index is 12.1. The third kappa shape index (κ3) is 3.17. The van der Waals surface area contributed by atoms with Crippen molar-refractivity contribution in [2.75, 3.05) is 19.0 Å². The van der Waals surface area contributed by atoms with Crippen molar-refractivity contribution in [2.24, 2.45) is 0 Å². The van der Waals surface area contributed by atoms with Gasteiger partial charge in [0.2, 0.25) is 5.91 Å². The summed E-state index contributed by atoms with van der Waals surface area (Å²) in [7, 11) is 1.68. The third-order valence-electron chi connectivity index (χ3n) is 4.55. The maximum Gasteiger partial charge on any atom is 0.225 e. The average molecular weight is 340 g/mol. The van der Waals surface area contributed by atoms with Crippen LogP contribution in [0.25, 0.3) is 22.4 Å². The van der Waals surface area contributed by atoms with Crippen molar-refractivity contribution in [3.05, 3.63) is 35.5 Å². The van der Waals surface area contributed by atoms with Gasteiger partial charge in [0.25, 0.3) is 0 Å². The van der Waals surface area contributed by atoms with Gasteiger partial charge in [-0.15, -0.1) is 0 Å². The van der Waals surface area contributed by atoms with E-state index in [1.165, 1.54) is 0 Å². The Morgan fingerprint density at radius 1 is 1.32 bits per heavy atom. The predicted octanol–water partition coefficient (Wildman–Crippen LogP) is 3.64. The maximum atomic E-state index is 12.1. The SMILES string of the molecule is CCC(=O)Nc1c(-c2nc3ccccc3[nH]2)c(C)c(C)n1CCOC. The van der Waals surface area contributed by atoms with E-state index < -0.39 is 0 Å². The molecule has 6 heteroatoms. The number of aromatic nitrogens is 3. The van der Waals surface area contributed by atoms with E-state index in [9.17, 15) is 4.79 Å². The van der Waals surface area contributed by atoms with E-state index >= 15 is 0 Å². The van der Waals surface area contributed by atoms with Crippen molar-refractivity contribution < 1.29 is 9.53 Å². The van der Waals surface area contributed by atoms with Crippen molar-refractivity contribution in [2.45, 2.75) is 33.7 Å². The average Bonchev–Trinajstić information content (AvgIpc) is 3.13. The van der Waals surface area contributed by atoms with Crippen LogP contribution in [0, 0.1) is 13.8 Å². The summed E-state index contributed by atoms with van der Waals surface area (Å²) in [6.45, 7) is 7.20. The minimum Gasteiger partial charge on any atom is -0.383 e. The minimum atomic E-state index is -0.0199. The second-order valence-electron chi connectivity index (χ2n) is 6.08. The highest BCUT2D eigenvalue weighted by Gasteiger charge is 2.22. The van der Waals surface area contributed by atoms with E-state index in [1.807, 2.05) is 31.2 Å². The molecule has 0 atom stereocenters. The van der Waals surface area contributed by atoms with Gasteiger partial charge in [-0.25, -0.2) is 4.98 Å². The van der Waals surface area contributed by atoms with Crippen molar-refractivity contribution in [3.8, 4) is 11.4 Å². The molecule has 2 aromatic heterocycles. The number of carbonyl (C=O) groups is 1. The number of rotatable bonds is 6. The molecule has 1 aromatic carbocycles. The van der Waals surface area contributed by atoms with Crippen LogP contribution in [-0.2, 0) is 16.1 Å². The third-order valence-corrected chi connectivity index (χ3v) is 4.55. The Balaban J connectivity index is 2.17. The van der Waals surface area contributed by atoms with E-state index in [1.54, 1.807) is 7.11 Å². The monoisotopic (exact) mass is 340 g/mol. The summed E-state index contributed by atoms with van der Waals surface area (Å²) in [6.07, 6.45) is 0.424. The van der Waals surface area contributed by atoms with Gasteiger partial charge in [0.05, 0.1) is 23.2 Å². The number of nitrogens with one attached hydrogen (secondary N) is 2. The molecule has 0 saturated heterocycles. The van der Waals surface area contributed by atoms with Crippen LogP contribution in [0.4, 0.5) is 5.82 Å². The number of H-pyrrole nitrogens is 1. The number of para-hydroxylation sites is 2. The number of fused-ring (bicyclic) bond motifs is 1. The molecule has 2 heterocycles. The van der Waals surface area contributed by atoms with Gasteiger partial charge in [-0.05, 0) is 31.5 Å². The van der Waals surface area contributed by atoms with E-state index in [0.29, 0.717) is 19.6 Å². The summed E-state index contributed by atoms with van der Waals surface area (Å²) in [6, 6.07) is 7.92. The lowest BCUT2D eigenvalue weighted by atomic mass is 10.1. The Labute approximate surface area is 147 Å². The molecule has 0 unspecified atom stereocenters.